The molecule has 0 aliphatic heterocycles. The molecule has 0 radical (unpaired) electrons. The molecule has 2 aromatic rings. The van der Waals surface area contributed by atoms with Gasteiger partial charge in [-0.25, -0.2) is 14.4 Å². The lowest BCUT2D eigenvalue weighted by molar-refractivity contribution is -0.141. The van der Waals surface area contributed by atoms with Gasteiger partial charge >= 0.3 is 6.18 Å². The Labute approximate surface area is 152 Å². The third-order valence-electron chi connectivity index (χ3n) is 3.17. The number of hydrogen-bond acceptors (Lipinski definition) is 6. The normalized spacial score (nSPS) is 12.8. The summed E-state index contributed by atoms with van der Waals surface area (Å²) in [5.41, 5.74) is -1.00. The number of nitrogens with one attached hydrogen (secondary N) is 2. The van der Waals surface area contributed by atoms with E-state index in [4.69, 9.17) is 0 Å². The highest BCUT2D eigenvalue weighted by Gasteiger charge is 2.32. The van der Waals surface area contributed by atoms with Crippen LogP contribution in [0.1, 0.15) is 5.69 Å². The van der Waals surface area contributed by atoms with Gasteiger partial charge in [0.2, 0.25) is 5.95 Å². The topological polar surface area (TPSA) is 70.1 Å². The van der Waals surface area contributed by atoms with Crippen molar-refractivity contribution in [2.75, 3.05) is 30.7 Å². The fourth-order valence-corrected chi connectivity index (χ4v) is 2.75. The summed E-state index contributed by atoms with van der Waals surface area (Å²) >= 11 is 1.40. The van der Waals surface area contributed by atoms with Crippen molar-refractivity contribution in [2.24, 2.45) is 0 Å². The lowest BCUT2D eigenvalue weighted by atomic mass is 10.3. The summed E-state index contributed by atoms with van der Waals surface area (Å²) in [4.78, 5) is 7.97. The van der Waals surface area contributed by atoms with Crippen LogP contribution in [0.5, 0.6) is 0 Å². The molecule has 0 saturated carbocycles. The Bertz CT molecular complexity index is 685. The predicted octanol–water partition coefficient (Wildman–Crippen LogP) is 2.79. The number of benzene rings is 1. The molecule has 0 aliphatic carbocycles. The monoisotopic (exact) mass is 390 g/mol. The third-order valence-corrected chi connectivity index (χ3v) is 4.32. The Kier molecular flexibility index (Phi) is 7.61. The molecule has 1 aromatic heterocycles. The minimum absolute atomic E-state index is 0.103. The van der Waals surface area contributed by atoms with Crippen molar-refractivity contribution in [2.45, 2.75) is 17.2 Å². The maximum atomic E-state index is 12.8. The molecule has 0 bridgehead atoms. The van der Waals surface area contributed by atoms with Crippen molar-refractivity contribution in [3.63, 3.8) is 0 Å². The number of halogens is 4. The van der Waals surface area contributed by atoms with E-state index in [1.807, 2.05) is 0 Å². The Morgan fingerprint density at radius 2 is 1.85 bits per heavy atom. The number of thioether (sulfide) groups is 1. The molecule has 10 heteroatoms. The zero-order chi connectivity index (χ0) is 19.0. The van der Waals surface area contributed by atoms with Crippen LogP contribution in [0.3, 0.4) is 0 Å². The molecule has 0 aliphatic rings. The molecule has 1 aromatic carbocycles. The van der Waals surface area contributed by atoms with Crippen LogP contribution in [-0.4, -0.2) is 46.6 Å². The molecule has 5 nitrogen and oxygen atoms in total. The molecule has 0 saturated heterocycles. The van der Waals surface area contributed by atoms with E-state index in [-0.39, 0.29) is 11.8 Å². The summed E-state index contributed by atoms with van der Waals surface area (Å²) in [6, 6.07) is 6.79. The van der Waals surface area contributed by atoms with Gasteiger partial charge in [-0.15, -0.1) is 11.8 Å². The van der Waals surface area contributed by atoms with Crippen LogP contribution in [0.4, 0.5) is 23.5 Å². The van der Waals surface area contributed by atoms with Crippen LogP contribution in [-0.2, 0) is 6.18 Å². The minimum atomic E-state index is -4.51. The van der Waals surface area contributed by atoms with E-state index in [9.17, 15) is 22.7 Å². The van der Waals surface area contributed by atoms with Gasteiger partial charge in [0.15, 0.2) is 0 Å². The first-order valence-electron chi connectivity index (χ1n) is 7.76. The molecule has 1 heterocycles. The largest absolute Gasteiger partial charge is 0.433 e. The number of alkyl halides is 3. The van der Waals surface area contributed by atoms with Crippen LogP contribution in [0.15, 0.2) is 41.4 Å². The van der Waals surface area contributed by atoms with Crippen molar-refractivity contribution in [1.82, 2.24) is 15.3 Å². The van der Waals surface area contributed by atoms with Gasteiger partial charge in [-0.3, -0.25) is 0 Å². The van der Waals surface area contributed by atoms with E-state index in [0.29, 0.717) is 25.4 Å². The van der Waals surface area contributed by atoms with E-state index >= 15 is 0 Å². The van der Waals surface area contributed by atoms with Gasteiger partial charge in [-0.2, -0.15) is 13.2 Å². The molecular weight excluding hydrogens is 372 g/mol. The fourth-order valence-electron chi connectivity index (χ4n) is 1.92. The summed E-state index contributed by atoms with van der Waals surface area (Å²) in [6.45, 7) is 1.04. The lowest BCUT2D eigenvalue weighted by Crippen LogP contribution is -2.32. The molecule has 1 atom stereocenters. The molecule has 3 N–H and O–H groups in total. The van der Waals surface area contributed by atoms with Crippen LogP contribution in [0, 0.1) is 5.82 Å². The van der Waals surface area contributed by atoms with E-state index in [0.717, 1.165) is 17.2 Å². The Morgan fingerprint density at radius 1 is 1.12 bits per heavy atom. The molecule has 2 rings (SSSR count). The molecule has 142 valence electrons. The lowest BCUT2D eigenvalue weighted by Gasteiger charge is -2.12. The van der Waals surface area contributed by atoms with Gasteiger partial charge in [0.25, 0.3) is 0 Å². The van der Waals surface area contributed by atoms with E-state index < -0.39 is 18.0 Å². The van der Waals surface area contributed by atoms with Gasteiger partial charge in [0, 0.05) is 36.5 Å². The first-order valence-corrected chi connectivity index (χ1v) is 8.74. The summed E-state index contributed by atoms with van der Waals surface area (Å²) in [5, 5.41) is 15.5. The number of nitrogens with zero attached hydrogens (tertiary/aromatic N) is 2. The summed E-state index contributed by atoms with van der Waals surface area (Å²) in [5.74, 6) is 0.0193. The average Bonchev–Trinajstić information content (AvgIpc) is 2.60. The van der Waals surface area contributed by atoms with Crippen molar-refractivity contribution >= 4 is 17.7 Å². The second-order valence-electron chi connectivity index (χ2n) is 5.31. The second kappa shape index (κ2) is 9.70. The number of hydrogen-bond donors (Lipinski definition) is 3. The third kappa shape index (κ3) is 7.14. The Balaban J connectivity index is 1.62. The highest BCUT2D eigenvalue weighted by atomic mass is 32.2. The number of aliphatic hydroxyl groups is 1. The SMILES string of the molecule is O[C@H](CNCCNc1nccc(C(F)(F)F)n1)CSc1ccc(F)cc1. The zero-order valence-corrected chi connectivity index (χ0v) is 14.4. The number of aliphatic hydroxyl groups excluding tert-OH is 1. The first-order chi connectivity index (χ1) is 12.3. The van der Waals surface area contributed by atoms with E-state index in [1.54, 1.807) is 12.1 Å². The van der Waals surface area contributed by atoms with Gasteiger partial charge in [0.1, 0.15) is 11.5 Å². The van der Waals surface area contributed by atoms with Gasteiger partial charge in [0.05, 0.1) is 6.10 Å². The van der Waals surface area contributed by atoms with Gasteiger partial charge < -0.3 is 15.7 Å². The maximum absolute atomic E-state index is 12.8. The Morgan fingerprint density at radius 3 is 2.54 bits per heavy atom. The van der Waals surface area contributed by atoms with Gasteiger partial charge in [-0.05, 0) is 30.3 Å². The predicted molar refractivity (Wildman–Crippen MR) is 91.5 cm³/mol. The van der Waals surface area contributed by atoms with E-state index in [2.05, 4.69) is 20.6 Å². The highest BCUT2D eigenvalue weighted by Crippen LogP contribution is 2.27. The zero-order valence-electron chi connectivity index (χ0n) is 13.6. The average molecular weight is 390 g/mol. The van der Waals surface area contributed by atoms with Crippen LogP contribution in [0.2, 0.25) is 0 Å². The van der Waals surface area contributed by atoms with Gasteiger partial charge in [-0.1, -0.05) is 0 Å². The molecule has 0 spiro atoms. The van der Waals surface area contributed by atoms with Crippen molar-refractivity contribution < 1.29 is 22.7 Å². The summed E-state index contributed by atoms with van der Waals surface area (Å²) < 4.78 is 50.4. The fraction of sp³-hybridized carbons (Fsp3) is 0.375. The van der Waals surface area contributed by atoms with Crippen molar-refractivity contribution in [3.8, 4) is 0 Å². The molecule has 0 unspecified atom stereocenters. The van der Waals surface area contributed by atoms with Crippen LogP contribution >= 0.6 is 11.8 Å². The molecular formula is C16H18F4N4OS. The number of anilines is 1. The minimum Gasteiger partial charge on any atom is -0.391 e. The summed E-state index contributed by atoms with van der Waals surface area (Å²) in [7, 11) is 0. The second-order valence-corrected chi connectivity index (χ2v) is 6.41. The Hall–Kier alpha value is -1.91. The smallest absolute Gasteiger partial charge is 0.391 e. The van der Waals surface area contributed by atoms with Crippen molar-refractivity contribution in [1.29, 1.82) is 0 Å². The molecule has 26 heavy (non-hydrogen) atoms. The van der Waals surface area contributed by atoms with E-state index in [1.165, 1.54) is 23.9 Å². The number of aromatic nitrogens is 2. The van der Waals surface area contributed by atoms with Crippen molar-refractivity contribution in [3.05, 3.63) is 48.0 Å². The quantitative estimate of drug-likeness (QED) is 0.348. The molecule has 0 amide bonds. The molecule has 0 fully saturated rings. The van der Waals surface area contributed by atoms with Crippen LogP contribution in [0.25, 0.3) is 0 Å². The first kappa shape index (κ1) is 20.4. The number of rotatable bonds is 9. The summed E-state index contributed by atoms with van der Waals surface area (Å²) in [6.07, 6.45) is -4.08. The highest BCUT2D eigenvalue weighted by molar-refractivity contribution is 7.99. The standard InChI is InChI=1S/C16H18F4N4OS/c17-11-1-3-13(4-2-11)26-10-12(25)9-21-7-8-23-15-22-6-5-14(24-15)16(18,19)20/h1-6,12,21,25H,7-10H2,(H,22,23,24)/t12-/m1/s1. The van der Waals surface area contributed by atoms with Crippen LogP contribution < -0.4 is 10.6 Å². The maximum Gasteiger partial charge on any atom is 0.433 e.